The molecule has 0 spiro atoms. The lowest BCUT2D eigenvalue weighted by Gasteiger charge is -2.26. The van der Waals surface area contributed by atoms with E-state index in [0.717, 1.165) is 36.3 Å². The number of thioether (sulfide) groups is 1. The van der Waals surface area contributed by atoms with Crippen LogP contribution in [0.15, 0.2) is 53.9 Å². The van der Waals surface area contributed by atoms with Crippen LogP contribution >= 0.6 is 11.8 Å². The van der Waals surface area contributed by atoms with Crippen molar-refractivity contribution in [3.05, 3.63) is 59.9 Å². The number of aryl methyl sites for hydroxylation is 1. The molecule has 2 amide bonds. The average molecular weight is 494 g/mol. The Bertz CT molecular complexity index is 1210. The summed E-state index contributed by atoms with van der Waals surface area (Å²) >= 11 is 1.31. The first kappa shape index (κ1) is 23.2. The van der Waals surface area contributed by atoms with Crippen molar-refractivity contribution in [2.24, 2.45) is 7.05 Å². The number of benzene rings is 2. The van der Waals surface area contributed by atoms with E-state index in [9.17, 15) is 9.59 Å². The maximum absolute atomic E-state index is 13.3. The molecule has 1 atom stereocenters. The summed E-state index contributed by atoms with van der Waals surface area (Å²) in [5.74, 6) is 1.56. The minimum absolute atomic E-state index is 0.00308. The van der Waals surface area contributed by atoms with Gasteiger partial charge in [-0.1, -0.05) is 17.8 Å². The first-order chi connectivity index (χ1) is 17.1. The molecule has 10 heteroatoms. The van der Waals surface area contributed by atoms with E-state index in [1.54, 1.807) is 35.2 Å². The van der Waals surface area contributed by atoms with Gasteiger partial charge in [-0.05, 0) is 54.8 Å². The molecule has 0 aliphatic carbocycles. The molecule has 0 unspecified atom stereocenters. The van der Waals surface area contributed by atoms with Crippen molar-refractivity contribution in [3.8, 4) is 11.5 Å². The zero-order valence-corrected chi connectivity index (χ0v) is 20.3. The number of anilines is 1. The second-order valence-corrected chi connectivity index (χ2v) is 9.49. The molecule has 182 valence electrons. The lowest BCUT2D eigenvalue weighted by atomic mass is 10.0. The van der Waals surface area contributed by atoms with Crippen molar-refractivity contribution in [1.29, 1.82) is 0 Å². The third-order valence-corrected chi connectivity index (χ3v) is 7.12. The summed E-state index contributed by atoms with van der Waals surface area (Å²) < 4.78 is 13.3. The van der Waals surface area contributed by atoms with Gasteiger partial charge in [-0.25, -0.2) is 0 Å². The summed E-state index contributed by atoms with van der Waals surface area (Å²) in [5, 5.41) is 11.3. The van der Waals surface area contributed by atoms with Crippen LogP contribution < -0.4 is 14.8 Å². The molecule has 0 bridgehead atoms. The van der Waals surface area contributed by atoms with Crippen LogP contribution in [0.2, 0.25) is 0 Å². The van der Waals surface area contributed by atoms with Crippen molar-refractivity contribution < 1.29 is 19.1 Å². The predicted octanol–water partition coefficient (Wildman–Crippen LogP) is 3.68. The molecule has 0 radical (unpaired) electrons. The summed E-state index contributed by atoms with van der Waals surface area (Å²) in [7, 11) is 1.83. The van der Waals surface area contributed by atoms with Crippen LogP contribution in [-0.2, 0) is 11.8 Å². The molecule has 1 N–H and O–H groups in total. The summed E-state index contributed by atoms with van der Waals surface area (Å²) in [6, 6.07) is 13.0. The van der Waals surface area contributed by atoms with Crippen LogP contribution in [0, 0.1) is 0 Å². The van der Waals surface area contributed by atoms with Gasteiger partial charge in [0, 0.05) is 31.3 Å². The number of carbonyl (C=O) groups excluding carboxylic acids is 2. The van der Waals surface area contributed by atoms with Crippen LogP contribution in [0.25, 0.3) is 0 Å². The summed E-state index contributed by atoms with van der Waals surface area (Å²) in [5.41, 5.74) is 2.30. The van der Waals surface area contributed by atoms with Gasteiger partial charge < -0.3 is 24.3 Å². The molecule has 0 saturated carbocycles. The second kappa shape index (κ2) is 10.4. The average Bonchev–Trinajstić information content (AvgIpc) is 3.45. The van der Waals surface area contributed by atoms with Crippen LogP contribution in [0.4, 0.5) is 5.69 Å². The van der Waals surface area contributed by atoms with E-state index in [0.29, 0.717) is 36.2 Å². The Labute approximate surface area is 207 Å². The number of nitrogens with zero attached hydrogens (tertiary/aromatic N) is 4. The third-order valence-electron chi connectivity index (χ3n) is 6.09. The van der Waals surface area contributed by atoms with Crippen LogP contribution in [0.5, 0.6) is 11.5 Å². The summed E-state index contributed by atoms with van der Waals surface area (Å²) in [4.78, 5) is 27.5. The van der Waals surface area contributed by atoms with Crippen molar-refractivity contribution in [2.45, 2.75) is 30.5 Å². The molecule has 35 heavy (non-hydrogen) atoms. The van der Waals surface area contributed by atoms with E-state index >= 15 is 0 Å². The molecule has 3 aromatic rings. The number of likely N-dealkylation sites (tertiary alicyclic amines) is 1. The Balaban J connectivity index is 1.22. The first-order valence-corrected chi connectivity index (χ1v) is 12.6. The number of hydrogen-bond donors (Lipinski definition) is 1. The normalized spacial score (nSPS) is 17.2. The predicted molar refractivity (Wildman–Crippen MR) is 132 cm³/mol. The number of hydrogen-bond acceptors (Lipinski definition) is 7. The van der Waals surface area contributed by atoms with Gasteiger partial charge in [-0.2, -0.15) is 0 Å². The highest BCUT2D eigenvalue weighted by Gasteiger charge is 2.31. The van der Waals surface area contributed by atoms with Gasteiger partial charge >= 0.3 is 0 Å². The summed E-state index contributed by atoms with van der Waals surface area (Å²) in [6.45, 7) is 1.98. The lowest BCUT2D eigenvalue weighted by Crippen LogP contribution is -2.30. The summed E-state index contributed by atoms with van der Waals surface area (Å²) in [6.07, 6.45) is 4.30. The van der Waals surface area contributed by atoms with E-state index in [4.69, 9.17) is 9.47 Å². The zero-order chi connectivity index (χ0) is 24.2. The van der Waals surface area contributed by atoms with Gasteiger partial charge in [-0.3, -0.25) is 9.59 Å². The van der Waals surface area contributed by atoms with E-state index < -0.39 is 0 Å². The minimum atomic E-state index is -0.147. The van der Waals surface area contributed by atoms with Gasteiger partial charge in [0.2, 0.25) is 5.91 Å². The topological polar surface area (TPSA) is 98.6 Å². The number of carbonyl (C=O) groups is 2. The van der Waals surface area contributed by atoms with Crippen molar-refractivity contribution >= 4 is 29.3 Å². The van der Waals surface area contributed by atoms with Crippen molar-refractivity contribution in [3.63, 3.8) is 0 Å². The zero-order valence-electron chi connectivity index (χ0n) is 19.5. The number of aromatic nitrogens is 3. The van der Waals surface area contributed by atoms with Crippen LogP contribution in [0.3, 0.4) is 0 Å². The Morgan fingerprint density at radius 3 is 2.66 bits per heavy atom. The molecule has 1 saturated heterocycles. The van der Waals surface area contributed by atoms with Gasteiger partial charge in [0.15, 0.2) is 16.7 Å². The van der Waals surface area contributed by atoms with Gasteiger partial charge in [0.25, 0.3) is 5.91 Å². The Morgan fingerprint density at radius 1 is 1.09 bits per heavy atom. The van der Waals surface area contributed by atoms with Crippen molar-refractivity contribution in [1.82, 2.24) is 19.7 Å². The highest BCUT2D eigenvalue weighted by Crippen LogP contribution is 2.38. The molecule has 2 aromatic carbocycles. The molecule has 1 aromatic heterocycles. The number of fused-ring (bicyclic) bond motifs is 1. The fourth-order valence-electron chi connectivity index (χ4n) is 4.34. The third kappa shape index (κ3) is 5.27. The Kier molecular flexibility index (Phi) is 6.89. The highest BCUT2D eigenvalue weighted by molar-refractivity contribution is 7.99. The van der Waals surface area contributed by atoms with Crippen molar-refractivity contribution in [2.75, 3.05) is 30.8 Å². The number of nitrogens with one attached hydrogen (secondary N) is 1. The van der Waals surface area contributed by atoms with Crippen LogP contribution in [0.1, 0.15) is 41.2 Å². The Hall–Kier alpha value is -3.53. The van der Waals surface area contributed by atoms with E-state index in [-0.39, 0.29) is 23.6 Å². The fraction of sp³-hybridized carbons (Fsp3) is 0.360. The number of ether oxygens (including phenoxy) is 2. The molecular weight excluding hydrogens is 466 g/mol. The lowest BCUT2D eigenvalue weighted by molar-refractivity contribution is -0.113. The van der Waals surface area contributed by atoms with Gasteiger partial charge in [-0.15, -0.1) is 10.2 Å². The fourth-order valence-corrected chi connectivity index (χ4v) is 5.02. The van der Waals surface area contributed by atoms with Gasteiger partial charge in [0.05, 0.1) is 25.0 Å². The molecular formula is C25H27N5O4S. The SMILES string of the molecule is Cn1cnnc1SCC(=O)Nc1ccc(C(=O)N2CCC[C@@H]2c2ccc3c(c2)OCCCO3)cc1. The maximum atomic E-state index is 13.3. The van der Waals surface area contributed by atoms with E-state index in [2.05, 4.69) is 15.5 Å². The molecule has 3 heterocycles. The standard InChI is InChI=1S/C25H27N5O4S/c1-29-16-26-28-25(29)35-15-23(31)27-19-8-5-17(6-9-19)24(32)30-11-2-4-20(30)18-7-10-21-22(14-18)34-13-3-12-33-21/h5-10,14,16,20H,2-4,11-13,15H2,1H3,(H,27,31)/t20-/m1/s1. The molecule has 5 rings (SSSR count). The molecule has 2 aliphatic heterocycles. The largest absolute Gasteiger partial charge is 0.490 e. The second-order valence-electron chi connectivity index (χ2n) is 8.55. The highest BCUT2D eigenvalue weighted by atomic mass is 32.2. The number of rotatable bonds is 6. The first-order valence-electron chi connectivity index (χ1n) is 11.7. The maximum Gasteiger partial charge on any atom is 0.254 e. The monoisotopic (exact) mass is 493 g/mol. The van der Waals surface area contributed by atoms with E-state index in [1.165, 1.54) is 11.8 Å². The minimum Gasteiger partial charge on any atom is -0.490 e. The molecule has 1 fully saturated rings. The van der Waals surface area contributed by atoms with Crippen LogP contribution in [-0.4, -0.2) is 57.0 Å². The molecule has 2 aliphatic rings. The Morgan fingerprint density at radius 2 is 1.89 bits per heavy atom. The molecule has 9 nitrogen and oxygen atoms in total. The van der Waals surface area contributed by atoms with E-state index in [1.807, 2.05) is 30.1 Å². The smallest absolute Gasteiger partial charge is 0.254 e. The number of amides is 2. The quantitative estimate of drug-likeness (QED) is 0.523. The van der Waals surface area contributed by atoms with Gasteiger partial charge in [0.1, 0.15) is 6.33 Å².